The van der Waals surface area contributed by atoms with Gasteiger partial charge in [-0.15, -0.1) is 11.8 Å². The third-order valence-corrected chi connectivity index (χ3v) is 4.77. The molecule has 2 aromatic rings. The van der Waals surface area contributed by atoms with E-state index in [1.807, 2.05) is 0 Å². The van der Waals surface area contributed by atoms with E-state index in [-0.39, 0.29) is 28.8 Å². The van der Waals surface area contributed by atoms with Crippen LogP contribution in [0.2, 0.25) is 0 Å². The Balaban J connectivity index is 1.93. The Morgan fingerprint density at radius 2 is 1.91 bits per heavy atom. The summed E-state index contributed by atoms with van der Waals surface area (Å²) in [5, 5.41) is 9.21. The van der Waals surface area contributed by atoms with E-state index in [2.05, 4.69) is 0 Å². The summed E-state index contributed by atoms with van der Waals surface area (Å²) < 4.78 is 5.11. The first-order chi connectivity index (χ1) is 11.1. The van der Waals surface area contributed by atoms with Crippen molar-refractivity contribution in [2.24, 2.45) is 0 Å². The highest BCUT2D eigenvalue weighted by atomic mass is 32.2. The minimum atomic E-state index is -0.677. The highest BCUT2D eigenvalue weighted by molar-refractivity contribution is 8.02. The lowest BCUT2D eigenvalue weighted by Crippen LogP contribution is -2.37. The molecule has 0 aliphatic carbocycles. The molecule has 0 bridgehead atoms. The molecule has 1 amide bonds. The first-order valence-corrected chi connectivity index (χ1v) is 8.06. The molecular formula is C17H15NO4S. The van der Waals surface area contributed by atoms with Crippen molar-refractivity contribution in [3.8, 4) is 11.5 Å². The van der Waals surface area contributed by atoms with Crippen molar-refractivity contribution in [2.45, 2.75) is 5.37 Å². The quantitative estimate of drug-likeness (QED) is 0.874. The van der Waals surface area contributed by atoms with Crippen LogP contribution < -0.4 is 9.64 Å². The number of phenolic OH excluding ortho intramolecular Hbond substituents is 1. The van der Waals surface area contributed by atoms with Crippen molar-refractivity contribution >= 4 is 29.1 Å². The Bertz CT molecular complexity index is 745. The van der Waals surface area contributed by atoms with Crippen LogP contribution in [0.1, 0.15) is 10.4 Å². The van der Waals surface area contributed by atoms with Crippen LogP contribution in [-0.4, -0.2) is 35.0 Å². The van der Waals surface area contributed by atoms with Gasteiger partial charge in [0.2, 0.25) is 5.91 Å². The maximum absolute atomic E-state index is 12.7. The highest BCUT2D eigenvalue weighted by Gasteiger charge is 2.38. The number of methoxy groups -OCH3 is 1. The molecule has 0 spiro atoms. The van der Waals surface area contributed by atoms with Gasteiger partial charge in [0.15, 0.2) is 5.78 Å². The van der Waals surface area contributed by atoms with Gasteiger partial charge in [-0.05, 0) is 36.4 Å². The average Bonchev–Trinajstić information content (AvgIpc) is 2.96. The number of rotatable bonds is 4. The molecule has 0 radical (unpaired) electrons. The van der Waals surface area contributed by atoms with E-state index in [1.54, 1.807) is 49.6 Å². The number of amides is 1. The van der Waals surface area contributed by atoms with E-state index in [1.165, 1.54) is 22.7 Å². The molecule has 1 unspecified atom stereocenters. The van der Waals surface area contributed by atoms with Gasteiger partial charge in [0.25, 0.3) is 0 Å². The van der Waals surface area contributed by atoms with E-state index in [0.717, 1.165) is 0 Å². The summed E-state index contributed by atoms with van der Waals surface area (Å²) in [5.74, 6) is 0.420. The fraction of sp³-hybridized carbons (Fsp3) is 0.176. The lowest BCUT2D eigenvalue weighted by Gasteiger charge is -2.23. The minimum absolute atomic E-state index is 0.0767. The number of ether oxygens (including phenoxy) is 1. The maximum Gasteiger partial charge on any atom is 0.238 e. The van der Waals surface area contributed by atoms with Gasteiger partial charge in [-0.25, -0.2) is 0 Å². The van der Waals surface area contributed by atoms with Gasteiger partial charge in [0.05, 0.1) is 18.4 Å². The van der Waals surface area contributed by atoms with Crippen molar-refractivity contribution in [1.82, 2.24) is 0 Å². The molecule has 1 aliphatic heterocycles. The summed E-state index contributed by atoms with van der Waals surface area (Å²) in [6.07, 6.45) is 0. The zero-order valence-electron chi connectivity index (χ0n) is 12.4. The molecule has 0 saturated carbocycles. The van der Waals surface area contributed by atoms with Crippen molar-refractivity contribution < 1.29 is 19.4 Å². The number of anilines is 1. The number of aromatic hydroxyl groups is 1. The lowest BCUT2D eigenvalue weighted by molar-refractivity contribution is -0.115. The van der Waals surface area contributed by atoms with Gasteiger partial charge >= 0.3 is 0 Å². The number of phenols is 1. The van der Waals surface area contributed by atoms with Crippen LogP contribution in [0.25, 0.3) is 0 Å². The number of carbonyl (C=O) groups excluding carboxylic acids is 2. The molecule has 0 aromatic heterocycles. The molecule has 23 heavy (non-hydrogen) atoms. The number of nitrogens with zero attached hydrogens (tertiary/aromatic N) is 1. The fourth-order valence-electron chi connectivity index (χ4n) is 2.46. The standard InChI is InChI=1S/C17H15NO4S/c1-22-12-8-6-11(7-9-12)18-15(20)10-23-17(18)16(21)13-4-2-3-5-14(13)19/h2-9,17,19H,10H2,1H3. The minimum Gasteiger partial charge on any atom is -0.507 e. The van der Waals surface area contributed by atoms with Gasteiger partial charge in [0, 0.05) is 5.69 Å². The molecule has 1 heterocycles. The summed E-state index contributed by atoms with van der Waals surface area (Å²) in [6.45, 7) is 0. The van der Waals surface area contributed by atoms with Gasteiger partial charge in [-0.3, -0.25) is 14.5 Å². The summed E-state index contributed by atoms with van der Waals surface area (Å²) in [7, 11) is 1.57. The van der Waals surface area contributed by atoms with Crippen LogP contribution in [0.3, 0.4) is 0 Å². The fourth-order valence-corrected chi connectivity index (χ4v) is 3.56. The van der Waals surface area contributed by atoms with Crippen LogP contribution in [0.15, 0.2) is 48.5 Å². The Labute approximate surface area is 137 Å². The molecule has 118 valence electrons. The zero-order chi connectivity index (χ0) is 16.4. The number of hydrogen-bond acceptors (Lipinski definition) is 5. The number of thioether (sulfide) groups is 1. The Hall–Kier alpha value is -2.47. The third kappa shape index (κ3) is 2.90. The summed E-state index contributed by atoms with van der Waals surface area (Å²) in [6, 6.07) is 13.3. The zero-order valence-corrected chi connectivity index (χ0v) is 13.2. The van der Waals surface area contributed by atoms with Crippen molar-refractivity contribution in [3.63, 3.8) is 0 Å². The van der Waals surface area contributed by atoms with Crippen molar-refractivity contribution in [1.29, 1.82) is 0 Å². The molecule has 1 atom stereocenters. The number of para-hydroxylation sites is 1. The van der Waals surface area contributed by atoms with Crippen LogP contribution in [0.4, 0.5) is 5.69 Å². The Morgan fingerprint density at radius 3 is 2.57 bits per heavy atom. The Kier molecular flexibility index (Phi) is 4.25. The SMILES string of the molecule is COc1ccc(N2C(=O)CSC2C(=O)c2ccccc2O)cc1. The molecule has 3 rings (SSSR count). The van der Waals surface area contributed by atoms with Gasteiger partial charge < -0.3 is 9.84 Å². The molecule has 5 nitrogen and oxygen atoms in total. The van der Waals surface area contributed by atoms with Gasteiger partial charge in [-0.2, -0.15) is 0 Å². The second-order valence-electron chi connectivity index (χ2n) is 5.01. The molecule has 6 heteroatoms. The van der Waals surface area contributed by atoms with Gasteiger partial charge in [0.1, 0.15) is 16.9 Å². The van der Waals surface area contributed by atoms with Crippen LogP contribution >= 0.6 is 11.8 Å². The number of Topliss-reactive ketones (excluding diaryl/α,β-unsaturated/α-hetero) is 1. The van der Waals surface area contributed by atoms with Gasteiger partial charge in [-0.1, -0.05) is 12.1 Å². The van der Waals surface area contributed by atoms with E-state index < -0.39 is 5.37 Å². The van der Waals surface area contributed by atoms with Crippen LogP contribution in [0.5, 0.6) is 11.5 Å². The summed E-state index contributed by atoms with van der Waals surface area (Å²) in [4.78, 5) is 26.4. The molecule has 2 aromatic carbocycles. The normalized spacial score (nSPS) is 17.3. The lowest BCUT2D eigenvalue weighted by atomic mass is 10.1. The van der Waals surface area contributed by atoms with E-state index >= 15 is 0 Å². The predicted octanol–water partition coefficient (Wildman–Crippen LogP) is 2.69. The highest BCUT2D eigenvalue weighted by Crippen LogP contribution is 2.34. The van der Waals surface area contributed by atoms with E-state index in [9.17, 15) is 14.7 Å². The molecular weight excluding hydrogens is 314 g/mol. The third-order valence-electron chi connectivity index (χ3n) is 3.61. The topological polar surface area (TPSA) is 66.8 Å². The number of ketones is 1. The van der Waals surface area contributed by atoms with Crippen molar-refractivity contribution in [3.05, 3.63) is 54.1 Å². The molecule has 1 fully saturated rings. The van der Waals surface area contributed by atoms with E-state index in [4.69, 9.17) is 4.74 Å². The molecule has 1 N–H and O–H groups in total. The second kappa shape index (κ2) is 6.34. The van der Waals surface area contributed by atoms with Crippen molar-refractivity contribution in [2.75, 3.05) is 17.8 Å². The number of hydrogen-bond donors (Lipinski definition) is 1. The first-order valence-electron chi connectivity index (χ1n) is 7.01. The molecule has 1 aliphatic rings. The van der Waals surface area contributed by atoms with E-state index in [0.29, 0.717) is 11.4 Å². The summed E-state index contributed by atoms with van der Waals surface area (Å²) >= 11 is 1.26. The second-order valence-corrected chi connectivity index (χ2v) is 6.08. The molecule has 1 saturated heterocycles. The first kappa shape index (κ1) is 15.4. The predicted molar refractivity (Wildman–Crippen MR) is 89.2 cm³/mol. The largest absolute Gasteiger partial charge is 0.507 e. The average molecular weight is 329 g/mol. The smallest absolute Gasteiger partial charge is 0.238 e. The number of carbonyl (C=O) groups is 2. The van der Waals surface area contributed by atoms with Crippen LogP contribution in [0, 0.1) is 0 Å². The summed E-state index contributed by atoms with van der Waals surface area (Å²) in [5.41, 5.74) is 0.854. The monoisotopic (exact) mass is 329 g/mol. The number of benzene rings is 2. The maximum atomic E-state index is 12.7. The van der Waals surface area contributed by atoms with Crippen LogP contribution in [-0.2, 0) is 4.79 Å². The Morgan fingerprint density at radius 1 is 1.22 bits per heavy atom.